The van der Waals surface area contributed by atoms with Gasteiger partial charge in [0.05, 0.1) is 0 Å². The van der Waals surface area contributed by atoms with Crippen LogP contribution >= 0.6 is 0 Å². The highest BCUT2D eigenvalue weighted by molar-refractivity contribution is 5.52. The van der Waals surface area contributed by atoms with Crippen LogP contribution in [-0.4, -0.2) is 0 Å². The van der Waals surface area contributed by atoms with Gasteiger partial charge in [0.15, 0.2) is 0 Å². The van der Waals surface area contributed by atoms with Gasteiger partial charge >= 0.3 is 0 Å². The molecule has 0 aliphatic heterocycles. The highest BCUT2D eigenvalue weighted by Gasteiger charge is 1.99. The first-order chi connectivity index (χ1) is 7.79. The Morgan fingerprint density at radius 3 is 2.38 bits per heavy atom. The van der Waals surface area contributed by atoms with Crippen LogP contribution in [0, 0.1) is 6.92 Å². The van der Waals surface area contributed by atoms with E-state index in [0.29, 0.717) is 0 Å². The van der Waals surface area contributed by atoms with Crippen molar-refractivity contribution in [2.24, 2.45) is 0 Å². The highest BCUT2D eigenvalue weighted by atomic mass is 14.0. The van der Waals surface area contributed by atoms with Crippen LogP contribution in [-0.2, 0) is 6.42 Å². The molecule has 2 rings (SSSR count). The Bertz CT molecular complexity index is 478. The molecule has 16 heavy (non-hydrogen) atoms. The Morgan fingerprint density at radius 2 is 1.69 bits per heavy atom. The number of hydrogen-bond acceptors (Lipinski definition) is 0. The van der Waals surface area contributed by atoms with Gasteiger partial charge in [-0.1, -0.05) is 66.7 Å². The summed E-state index contributed by atoms with van der Waals surface area (Å²) in [6.45, 7) is 5.96. The Kier molecular flexibility index (Phi) is 3.21. The monoisotopic (exact) mass is 208 g/mol. The van der Waals surface area contributed by atoms with Crippen LogP contribution in [0.3, 0.4) is 0 Å². The largest absolute Gasteiger partial charge is 0.0985 e. The summed E-state index contributed by atoms with van der Waals surface area (Å²) in [5, 5.41) is 0. The minimum atomic E-state index is 0.975. The molecule has 0 saturated heterocycles. The van der Waals surface area contributed by atoms with Gasteiger partial charge in [-0.2, -0.15) is 0 Å². The third-order valence-corrected chi connectivity index (χ3v) is 2.79. The molecular formula is C16H16. The summed E-state index contributed by atoms with van der Waals surface area (Å²) in [6.07, 6.45) is 2.89. The lowest BCUT2D eigenvalue weighted by Gasteiger charge is -2.06. The fourth-order valence-corrected chi connectivity index (χ4v) is 1.82. The van der Waals surface area contributed by atoms with E-state index in [2.05, 4.69) is 62.0 Å². The molecular weight excluding hydrogens is 192 g/mol. The molecule has 0 spiro atoms. The summed E-state index contributed by atoms with van der Waals surface area (Å²) in [5.41, 5.74) is 5.21. The van der Waals surface area contributed by atoms with Crippen molar-refractivity contribution < 1.29 is 0 Å². The van der Waals surface area contributed by atoms with Gasteiger partial charge in [0.1, 0.15) is 0 Å². The Balaban J connectivity index is 2.26. The molecule has 0 aromatic heterocycles. The predicted molar refractivity (Wildman–Crippen MR) is 70.5 cm³/mol. The topological polar surface area (TPSA) is 0 Å². The summed E-state index contributed by atoms with van der Waals surface area (Å²) >= 11 is 0. The summed E-state index contributed by atoms with van der Waals surface area (Å²) in [6, 6.07) is 17.1. The smallest absolute Gasteiger partial charge is 0.00198 e. The summed E-state index contributed by atoms with van der Waals surface area (Å²) in [7, 11) is 0. The molecule has 0 radical (unpaired) electrons. The zero-order valence-electron chi connectivity index (χ0n) is 9.61. The van der Waals surface area contributed by atoms with Crippen LogP contribution < -0.4 is 0 Å². The van der Waals surface area contributed by atoms with Crippen molar-refractivity contribution in [2.75, 3.05) is 0 Å². The van der Waals surface area contributed by atoms with Crippen molar-refractivity contribution in [3.63, 3.8) is 0 Å². The van der Waals surface area contributed by atoms with Crippen LogP contribution in [0.25, 0.3) is 6.08 Å². The minimum absolute atomic E-state index is 0.975. The summed E-state index contributed by atoms with van der Waals surface area (Å²) in [4.78, 5) is 0. The van der Waals surface area contributed by atoms with Crippen molar-refractivity contribution >= 4 is 6.08 Å². The standard InChI is InChI=1S/C16H16/c1-3-15-6-4-5-7-16(15)12-14-10-8-13(2)9-11-14/h3-11H,1,12H2,2H3. The average molecular weight is 208 g/mol. The van der Waals surface area contributed by atoms with Crippen LogP contribution in [0.5, 0.6) is 0 Å². The van der Waals surface area contributed by atoms with Crippen LogP contribution in [0.4, 0.5) is 0 Å². The van der Waals surface area contributed by atoms with E-state index in [0.717, 1.165) is 6.42 Å². The van der Waals surface area contributed by atoms with Gasteiger partial charge in [-0.25, -0.2) is 0 Å². The second kappa shape index (κ2) is 4.80. The van der Waals surface area contributed by atoms with E-state index < -0.39 is 0 Å². The molecule has 0 saturated carbocycles. The van der Waals surface area contributed by atoms with Crippen LogP contribution in [0.1, 0.15) is 22.3 Å². The lowest BCUT2D eigenvalue weighted by Crippen LogP contribution is -1.91. The van der Waals surface area contributed by atoms with Crippen molar-refractivity contribution in [3.8, 4) is 0 Å². The zero-order valence-corrected chi connectivity index (χ0v) is 9.61. The van der Waals surface area contributed by atoms with E-state index in [1.807, 2.05) is 6.08 Å². The second-order valence-corrected chi connectivity index (χ2v) is 4.07. The first-order valence-corrected chi connectivity index (χ1v) is 5.55. The summed E-state index contributed by atoms with van der Waals surface area (Å²) in [5.74, 6) is 0. The molecule has 0 nitrogen and oxygen atoms in total. The number of aryl methyl sites for hydroxylation is 1. The lowest BCUT2D eigenvalue weighted by molar-refractivity contribution is 1.18. The first-order valence-electron chi connectivity index (χ1n) is 5.55. The van der Waals surface area contributed by atoms with Crippen LogP contribution in [0.15, 0.2) is 55.1 Å². The zero-order chi connectivity index (χ0) is 11.4. The van der Waals surface area contributed by atoms with Gasteiger partial charge in [0.2, 0.25) is 0 Å². The molecule has 2 aromatic rings. The highest BCUT2D eigenvalue weighted by Crippen LogP contribution is 2.15. The fraction of sp³-hybridized carbons (Fsp3) is 0.125. The number of hydrogen-bond donors (Lipinski definition) is 0. The third kappa shape index (κ3) is 2.40. The maximum atomic E-state index is 3.85. The average Bonchev–Trinajstić information content (AvgIpc) is 2.33. The van der Waals surface area contributed by atoms with E-state index in [1.54, 1.807) is 0 Å². The van der Waals surface area contributed by atoms with Gasteiger partial charge in [-0.05, 0) is 30.0 Å². The molecule has 80 valence electrons. The van der Waals surface area contributed by atoms with Crippen molar-refractivity contribution in [3.05, 3.63) is 77.4 Å². The molecule has 0 N–H and O–H groups in total. The van der Waals surface area contributed by atoms with E-state index in [1.165, 1.54) is 22.3 Å². The van der Waals surface area contributed by atoms with Gasteiger partial charge in [-0.15, -0.1) is 0 Å². The molecule has 0 aliphatic rings. The first kappa shape index (κ1) is 10.7. The maximum Gasteiger partial charge on any atom is -0.00198 e. The van der Waals surface area contributed by atoms with E-state index >= 15 is 0 Å². The quantitative estimate of drug-likeness (QED) is 0.708. The number of rotatable bonds is 3. The lowest BCUT2D eigenvalue weighted by atomic mass is 9.99. The van der Waals surface area contributed by atoms with Gasteiger partial charge in [0, 0.05) is 0 Å². The normalized spacial score (nSPS) is 10.1. The maximum absolute atomic E-state index is 3.85. The molecule has 0 heterocycles. The Labute approximate surface area is 97.3 Å². The Hall–Kier alpha value is -1.82. The van der Waals surface area contributed by atoms with Crippen LogP contribution in [0.2, 0.25) is 0 Å². The molecule has 0 heteroatoms. The fourth-order valence-electron chi connectivity index (χ4n) is 1.82. The summed E-state index contributed by atoms with van der Waals surface area (Å²) < 4.78 is 0. The molecule has 0 aliphatic carbocycles. The van der Waals surface area contributed by atoms with Crippen molar-refractivity contribution in [1.29, 1.82) is 0 Å². The van der Waals surface area contributed by atoms with E-state index in [9.17, 15) is 0 Å². The minimum Gasteiger partial charge on any atom is -0.0985 e. The Morgan fingerprint density at radius 1 is 1.00 bits per heavy atom. The van der Waals surface area contributed by atoms with E-state index in [4.69, 9.17) is 0 Å². The second-order valence-electron chi connectivity index (χ2n) is 4.07. The predicted octanol–water partition coefficient (Wildman–Crippen LogP) is 4.23. The van der Waals surface area contributed by atoms with Gasteiger partial charge < -0.3 is 0 Å². The van der Waals surface area contributed by atoms with E-state index in [-0.39, 0.29) is 0 Å². The molecule has 0 amide bonds. The third-order valence-electron chi connectivity index (χ3n) is 2.79. The van der Waals surface area contributed by atoms with Gasteiger partial charge in [-0.3, -0.25) is 0 Å². The molecule has 0 fully saturated rings. The molecule has 0 bridgehead atoms. The molecule has 0 unspecified atom stereocenters. The van der Waals surface area contributed by atoms with Crippen molar-refractivity contribution in [2.45, 2.75) is 13.3 Å². The molecule has 0 atom stereocenters. The SMILES string of the molecule is C=Cc1ccccc1Cc1ccc(C)cc1. The van der Waals surface area contributed by atoms with Gasteiger partial charge in [0.25, 0.3) is 0 Å². The molecule has 2 aromatic carbocycles. The van der Waals surface area contributed by atoms with Crippen molar-refractivity contribution in [1.82, 2.24) is 0 Å². The number of benzene rings is 2.